The maximum atomic E-state index is 8.12. The van der Waals surface area contributed by atoms with Crippen molar-refractivity contribution in [3.8, 4) is 0 Å². The van der Waals surface area contributed by atoms with Gasteiger partial charge in [-0.1, -0.05) is 44.2 Å². The summed E-state index contributed by atoms with van der Waals surface area (Å²) in [6.07, 6.45) is 2.77. The molecule has 1 aromatic rings. The molecule has 0 amide bonds. The van der Waals surface area contributed by atoms with Gasteiger partial charge in [-0.3, -0.25) is 0 Å². The van der Waals surface area contributed by atoms with E-state index in [-0.39, 0.29) is 6.15 Å². The lowest BCUT2D eigenvalue weighted by Crippen LogP contribution is -1.91. The van der Waals surface area contributed by atoms with Gasteiger partial charge in [0.1, 0.15) is 0 Å². The highest BCUT2D eigenvalue weighted by molar-refractivity contribution is 5.20. The van der Waals surface area contributed by atoms with Crippen molar-refractivity contribution >= 4 is 6.15 Å². The zero-order valence-electron chi connectivity index (χ0n) is 8.69. The Bertz CT molecular complexity index is 259. The first-order chi connectivity index (χ1) is 6.70. The minimum absolute atomic E-state index is 0.250. The van der Waals surface area contributed by atoms with Crippen LogP contribution in [0.4, 0.5) is 0 Å². The Balaban J connectivity index is 0.000000500. The maximum Gasteiger partial charge on any atom is 0.373 e. The SMILES string of the molecule is CC(C)CCc1ccccc1.O=C=O. The summed E-state index contributed by atoms with van der Waals surface area (Å²) >= 11 is 0. The molecule has 14 heavy (non-hydrogen) atoms. The number of aryl methyl sites for hydroxylation is 1. The van der Waals surface area contributed by atoms with Gasteiger partial charge in [-0.2, -0.15) is 9.59 Å². The van der Waals surface area contributed by atoms with Crippen molar-refractivity contribution in [1.29, 1.82) is 0 Å². The van der Waals surface area contributed by atoms with Gasteiger partial charge < -0.3 is 0 Å². The second-order valence-electron chi connectivity index (χ2n) is 3.50. The normalized spacial score (nSPS) is 8.79. The molecule has 0 aromatic heterocycles. The molecular formula is C12H16O2. The van der Waals surface area contributed by atoms with E-state index in [0.717, 1.165) is 5.92 Å². The first-order valence-corrected chi connectivity index (χ1v) is 4.74. The number of rotatable bonds is 3. The molecule has 0 saturated heterocycles. The highest BCUT2D eigenvalue weighted by Gasteiger charge is 1.94. The highest BCUT2D eigenvalue weighted by Crippen LogP contribution is 2.07. The second-order valence-corrected chi connectivity index (χ2v) is 3.50. The van der Waals surface area contributed by atoms with Crippen LogP contribution in [0.25, 0.3) is 0 Å². The number of benzene rings is 1. The monoisotopic (exact) mass is 192 g/mol. The topological polar surface area (TPSA) is 34.1 Å². The minimum atomic E-state index is 0.250. The van der Waals surface area contributed by atoms with Crippen LogP contribution in [0.5, 0.6) is 0 Å². The van der Waals surface area contributed by atoms with Gasteiger partial charge in [-0.15, -0.1) is 0 Å². The number of hydrogen-bond acceptors (Lipinski definition) is 2. The summed E-state index contributed by atoms with van der Waals surface area (Å²) in [5.74, 6) is 0.815. The van der Waals surface area contributed by atoms with Crippen molar-refractivity contribution in [2.24, 2.45) is 5.92 Å². The molecule has 0 heterocycles. The van der Waals surface area contributed by atoms with Crippen molar-refractivity contribution in [3.63, 3.8) is 0 Å². The van der Waals surface area contributed by atoms with Crippen molar-refractivity contribution in [1.82, 2.24) is 0 Å². The van der Waals surface area contributed by atoms with E-state index in [1.165, 1.54) is 18.4 Å². The Labute approximate surface area is 84.9 Å². The van der Waals surface area contributed by atoms with E-state index in [4.69, 9.17) is 9.59 Å². The summed E-state index contributed by atoms with van der Waals surface area (Å²) in [4.78, 5) is 16.2. The Morgan fingerprint density at radius 1 is 1.14 bits per heavy atom. The fraction of sp³-hybridized carbons (Fsp3) is 0.417. The van der Waals surface area contributed by atoms with E-state index in [9.17, 15) is 0 Å². The van der Waals surface area contributed by atoms with Gasteiger partial charge in [-0.25, -0.2) is 0 Å². The van der Waals surface area contributed by atoms with Crippen LogP contribution in [-0.2, 0) is 16.0 Å². The summed E-state index contributed by atoms with van der Waals surface area (Å²) in [6.45, 7) is 4.53. The van der Waals surface area contributed by atoms with Gasteiger partial charge in [0, 0.05) is 0 Å². The Morgan fingerprint density at radius 2 is 1.64 bits per heavy atom. The largest absolute Gasteiger partial charge is 0.373 e. The molecule has 0 fully saturated rings. The molecular weight excluding hydrogens is 176 g/mol. The van der Waals surface area contributed by atoms with Gasteiger partial charge >= 0.3 is 6.15 Å². The predicted octanol–water partition coefficient (Wildman–Crippen LogP) is 2.69. The smallest absolute Gasteiger partial charge is 0.186 e. The lowest BCUT2D eigenvalue weighted by atomic mass is 10.0. The van der Waals surface area contributed by atoms with Crippen LogP contribution in [0.2, 0.25) is 0 Å². The third-order valence-corrected chi connectivity index (χ3v) is 1.85. The molecule has 1 rings (SSSR count). The van der Waals surface area contributed by atoms with Crippen molar-refractivity contribution in [2.45, 2.75) is 26.7 Å². The minimum Gasteiger partial charge on any atom is -0.186 e. The molecule has 0 unspecified atom stereocenters. The van der Waals surface area contributed by atoms with E-state index in [1.54, 1.807) is 0 Å². The predicted molar refractivity (Wildman–Crippen MR) is 54.6 cm³/mol. The summed E-state index contributed by atoms with van der Waals surface area (Å²) in [7, 11) is 0. The van der Waals surface area contributed by atoms with Gasteiger partial charge in [0.05, 0.1) is 0 Å². The Kier molecular flexibility index (Phi) is 7.39. The molecule has 0 atom stereocenters. The van der Waals surface area contributed by atoms with Gasteiger partial charge in [0.2, 0.25) is 0 Å². The van der Waals surface area contributed by atoms with Crippen LogP contribution >= 0.6 is 0 Å². The van der Waals surface area contributed by atoms with Crippen LogP contribution in [0, 0.1) is 5.92 Å². The van der Waals surface area contributed by atoms with E-state index >= 15 is 0 Å². The fourth-order valence-corrected chi connectivity index (χ4v) is 1.10. The Morgan fingerprint density at radius 3 is 2.07 bits per heavy atom. The average Bonchev–Trinajstić information content (AvgIpc) is 2.18. The zero-order chi connectivity index (χ0) is 10.8. The molecule has 0 aliphatic rings. The molecule has 0 saturated carbocycles. The first kappa shape index (κ1) is 12.6. The van der Waals surface area contributed by atoms with Crippen molar-refractivity contribution < 1.29 is 9.59 Å². The molecule has 0 aliphatic carbocycles. The maximum absolute atomic E-state index is 8.12. The van der Waals surface area contributed by atoms with E-state index in [2.05, 4.69) is 44.2 Å². The number of carbonyl (C=O) groups excluding carboxylic acids is 2. The van der Waals surface area contributed by atoms with Gasteiger partial charge in [-0.05, 0) is 24.3 Å². The summed E-state index contributed by atoms with van der Waals surface area (Å²) < 4.78 is 0. The molecule has 0 N–H and O–H groups in total. The molecule has 0 radical (unpaired) electrons. The molecule has 0 aliphatic heterocycles. The molecule has 2 heteroatoms. The van der Waals surface area contributed by atoms with E-state index < -0.39 is 0 Å². The molecule has 2 nitrogen and oxygen atoms in total. The quantitative estimate of drug-likeness (QED) is 0.737. The van der Waals surface area contributed by atoms with Gasteiger partial charge in [0.15, 0.2) is 0 Å². The van der Waals surface area contributed by atoms with Crippen molar-refractivity contribution in [3.05, 3.63) is 35.9 Å². The van der Waals surface area contributed by atoms with Crippen LogP contribution in [-0.4, -0.2) is 6.15 Å². The first-order valence-electron chi connectivity index (χ1n) is 4.74. The highest BCUT2D eigenvalue weighted by atomic mass is 16.2. The fourth-order valence-electron chi connectivity index (χ4n) is 1.10. The molecule has 0 bridgehead atoms. The van der Waals surface area contributed by atoms with Crippen LogP contribution in [0.3, 0.4) is 0 Å². The Hall–Kier alpha value is -1.40. The van der Waals surface area contributed by atoms with Crippen molar-refractivity contribution in [2.75, 3.05) is 0 Å². The lowest BCUT2D eigenvalue weighted by Gasteiger charge is -2.03. The summed E-state index contributed by atoms with van der Waals surface area (Å²) in [5.41, 5.74) is 1.46. The number of hydrogen-bond donors (Lipinski definition) is 0. The molecule has 0 spiro atoms. The summed E-state index contributed by atoms with van der Waals surface area (Å²) in [5, 5.41) is 0. The zero-order valence-corrected chi connectivity index (χ0v) is 8.69. The van der Waals surface area contributed by atoms with Crippen LogP contribution in [0.15, 0.2) is 30.3 Å². The average molecular weight is 192 g/mol. The molecule has 1 aromatic carbocycles. The summed E-state index contributed by atoms with van der Waals surface area (Å²) in [6, 6.07) is 10.7. The van der Waals surface area contributed by atoms with E-state index in [0.29, 0.717) is 0 Å². The van der Waals surface area contributed by atoms with Crippen LogP contribution < -0.4 is 0 Å². The lowest BCUT2D eigenvalue weighted by molar-refractivity contribution is -0.191. The van der Waals surface area contributed by atoms with E-state index in [1.807, 2.05) is 0 Å². The second kappa shape index (κ2) is 8.21. The third-order valence-electron chi connectivity index (χ3n) is 1.85. The van der Waals surface area contributed by atoms with Crippen LogP contribution in [0.1, 0.15) is 25.8 Å². The third kappa shape index (κ3) is 7.26. The molecule has 76 valence electrons. The van der Waals surface area contributed by atoms with Gasteiger partial charge in [0.25, 0.3) is 0 Å². The standard InChI is InChI=1S/C11H16.CO2/c1-10(2)8-9-11-6-4-3-5-7-11;2-1-3/h3-7,10H,8-9H2,1-2H3;.